The van der Waals surface area contributed by atoms with Crippen molar-refractivity contribution < 1.29 is 0 Å². The third-order valence-electron chi connectivity index (χ3n) is 4.89. The molecule has 20 heavy (non-hydrogen) atoms. The van der Waals surface area contributed by atoms with Crippen LogP contribution >= 0.6 is 11.6 Å². The maximum Gasteiger partial charge on any atom is 0.0847 e. The Morgan fingerprint density at radius 1 is 1.40 bits per heavy atom. The zero-order chi connectivity index (χ0) is 14.8. The molecule has 1 saturated carbocycles. The highest BCUT2D eigenvalue weighted by molar-refractivity contribution is 6.31. The van der Waals surface area contributed by atoms with Crippen LogP contribution in [-0.4, -0.2) is 22.4 Å². The molecule has 3 nitrogen and oxygen atoms in total. The minimum absolute atomic E-state index is 0.399. The van der Waals surface area contributed by atoms with E-state index in [-0.39, 0.29) is 0 Å². The van der Waals surface area contributed by atoms with Gasteiger partial charge in [0.25, 0.3) is 0 Å². The van der Waals surface area contributed by atoms with E-state index in [0.717, 1.165) is 23.7 Å². The Balaban J connectivity index is 2.19. The van der Waals surface area contributed by atoms with Gasteiger partial charge in [0.15, 0.2) is 0 Å². The molecular weight excluding hydrogens is 270 g/mol. The van der Waals surface area contributed by atoms with E-state index < -0.39 is 0 Å². The summed E-state index contributed by atoms with van der Waals surface area (Å²) in [6.45, 7) is 7.72. The molecule has 2 rings (SSSR count). The summed E-state index contributed by atoms with van der Waals surface area (Å²) in [5, 5.41) is 9.06. The molecule has 0 amide bonds. The average Bonchev–Trinajstić information content (AvgIpc) is 2.94. The molecule has 0 saturated heterocycles. The van der Waals surface area contributed by atoms with Crippen molar-refractivity contribution in [1.29, 1.82) is 0 Å². The fourth-order valence-corrected chi connectivity index (χ4v) is 3.75. The molecule has 1 aromatic heterocycles. The quantitative estimate of drug-likeness (QED) is 0.864. The summed E-state index contributed by atoms with van der Waals surface area (Å²) in [7, 11) is 2.00. The first-order chi connectivity index (χ1) is 9.48. The van der Waals surface area contributed by atoms with E-state index in [1.165, 1.54) is 37.8 Å². The fraction of sp³-hybridized carbons (Fsp3) is 0.812. The maximum absolute atomic E-state index is 6.43. The molecule has 1 heterocycles. The summed E-state index contributed by atoms with van der Waals surface area (Å²) < 4.78 is 1.95. The van der Waals surface area contributed by atoms with Gasteiger partial charge in [-0.2, -0.15) is 5.10 Å². The summed E-state index contributed by atoms with van der Waals surface area (Å²) in [5.74, 6) is 0. The van der Waals surface area contributed by atoms with Gasteiger partial charge in [0.1, 0.15) is 0 Å². The summed E-state index contributed by atoms with van der Waals surface area (Å²) in [6.07, 6.45) is 7.51. The SMILES string of the molecule is CCCNC(Cc1c(Cl)c(C)nn1C)C1(C)CCCC1. The van der Waals surface area contributed by atoms with Gasteiger partial charge in [0.2, 0.25) is 0 Å². The van der Waals surface area contributed by atoms with E-state index in [1.54, 1.807) is 0 Å². The Labute approximate surface area is 128 Å². The van der Waals surface area contributed by atoms with Gasteiger partial charge in [0.05, 0.1) is 16.4 Å². The highest BCUT2D eigenvalue weighted by Gasteiger charge is 2.37. The van der Waals surface area contributed by atoms with Crippen LogP contribution in [0.2, 0.25) is 5.02 Å². The van der Waals surface area contributed by atoms with Crippen LogP contribution in [0, 0.1) is 12.3 Å². The van der Waals surface area contributed by atoms with Crippen molar-refractivity contribution in [1.82, 2.24) is 15.1 Å². The van der Waals surface area contributed by atoms with Gasteiger partial charge in [-0.05, 0) is 38.1 Å². The molecule has 1 aromatic rings. The van der Waals surface area contributed by atoms with Crippen molar-refractivity contribution >= 4 is 11.6 Å². The lowest BCUT2D eigenvalue weighted by Crippen LogP contribution is -2.44. The van der Waals surface area contributed by atoms with E-state index in [9.17, 15) is 0 Å². The summed E-state index contributed by atoms with van der Waals surface area (Å²) in [5.41, 5.74) is 2.51. The largest absolute Gasteiger partial charge is 0.313 e. The topological polar surface area (TPSA) is 29.9 Å². The predicted molar refractivity (Wildman–Crippen MR) is 85.3 cm³/mol. The monoisotopic (exact) mass is 297 g/mol. The molecule has 0 aromatic carbocycles. The van der Waals surface area contributed by atoms with Crippen molar-refractivity contribution in [3.63, 3.8) is 0 Å². The van der Waals surface area contributed by atoms with Gasteiger partial charge in [-0.1, -0.05) is 38.3 Å². The minimum atomic E-state index is 0.399. The van der Waals surface area contributed by atoms with Crippen molar-refractivity contribution in [2.45, 2.75) is 65.3 Å². The van der Waals surface area contributed by atoms with Crippen LogP contribution in [0.15, 0.2) is 0 Å². The number of aryl methyl sites for hydroxylation is 2. The second-order valence-electron chi connectivity index (χ2n) is 6.54. The fourth-order valence-electron chi connectivity index (χ4n) is 3.51. The minimum Gasteiger partial charge on any atom is -0.313 e. The third-order valence-corrected chi connectivity index (χ3v) is 5.38. The van der Waals surface area contributed by atoms with Crippen LogP contribution in [0.5, 0.6) is 0 Å². The molecule has 1 aliphatic rings. The molecule has 0 aliphatic heterocycles. The first-order valence-corrected chi connectivity index (χ1v) is 8.27. The molecule has 114 valence electrons. The van der Waals surface area contributed by atoms with Crippen LogP contribution in [0.25, 0.3) is 0 Å². The number of nitrogens with one attached hydrogen (secondary N) is 1. The van der Waals surface area contributed by atoms with Crippen LogP contribution in [0.3, 0.4) is 0 Å². The molecular formula is C16H28ClN3. The maximum atomic E-state index is 6.43. The number of halogens is 1. The zero-order valence-electron chi connectivity index (χ0n) is 13.3. The predicted octanol–water partition coefficient (Wildman–Crippen LogP) is 3.87. The Bertz CT molecular complexity index is 447. The Kier molecular flexibility index (Phi) is 5.14. The van der Waals surface area contributed by atoms with Crippen LogP contribution in [0.1, 0.15) is 57.3 Å². The number of hydrogen-bond acceptors (Lipinski definition) is 2. The zero-order valence-corrected chi connectivity index (χ0v) is 14.1. The van der Waals surface area contributed by atoms with E-state index in [1.807, 2.05) is 18.7 Å². The van der Waals surface area contributed by atoms with Crippen molar-refractivity contribution in [2.75, 3.05) is 6.54 Å². The van der Waals surface area contributed by atoms with Crippen LogP contribution < -0.4 is 5.32 Å². The molecule has 1 unspecified atom stereocenters. The summed E-state index contributed by atoms with van der Waals surface area (Å²) >= 11 is 6.43. The van der Waals surface area contributed by atoms with Crippen molar-refractivity contribution in [3.8, 4) is 0 Å². The van der Waals surface area contributed by atoms with E-state index in [2.05, 4.69) is 24.3 Å². The van der Waals surface area contributed by atoms with E-state index in [4.69, 9.17) is 11.6 Å². The standard InChI is InChI=1S/C16H28ClN3/c1-5-10-18-14(16(3)8-6-7-9-16)11-13-15(17)12(2)19-20(13)4/h14,18H,5-11H2,1-4H3. The Morgan fingerprint density at radius 2 is 2.05 bits per heavy atom. The normalized spacial score (nSPS) is 19.4. The summed E-state index contributed by atoms with van der Waals surface area (Å²) in [6, 6.07) is 0.497. The van der Waals surface area contributed by atoms with E-state index in [0.29, 0.717) is 11.5 Å². The lowest BCUT2D eigenvalue weighted by Gasteiger charge is -2.35. The third kappa shape index (κ3) is 3.20. The van der Waals surface area contributed by atoms with Crippen molar-refractivity contribution in [3.05, 3.63) is 16.4 Å². The highest BCUT2D eigenvalue weighted by atomic mass is 35.5. The lowest BCUT2D eigenvalue weighted by atomic mass is 9.78. The van der Waals surface area contributed by atoms with Crippen molar-refractivity contribution in [2.24, 2.45) is 12.5 Å². The molecule has 1 aliphatic carbocycles. The number of aromatic nitrogens is 2. The van der Waals surface area contributed by atoms with E-state index >= 15 is 0 Å². The number of nitrogens with zero attached hydrogens (tertiary/aromatic N) is 2. The lowest BCUT2D eigenvalue weighted by molar-refractivity contribution is 0.217. The molecule has 1 N–H and O–H groups in total. The average molecular weight is 298 g/mol. The van der Waals surface area contributed by atoms with Gasteiger partial charge in [-0.15, -0.1) is 0 Å². The van der Waals surface area contributed by atoms with Gasteiger partial charge >= 0.3 is 0 Å². The second-order valence-corrected chi connectivity index (χ2v) is 6.92. The number of hydrogen-bond donors (Lipinski definition) is 1. The Hall–Kier alpha value is -0.540. The molecule has 0 radical (unpaired) electrons. The first kappa shape index (κ1) is 15.8. The summed E-state index contributed by atoms with van der Waals surface area (Å²) in [4.78, 5) is 0. The Morgan fingerprint density at radius 3 is 2.55 bits per heavy atom. The smallest absolute Gasteiger partial charge is 0.0847 e. The second kappa shape index (κ2) is 6.48. The molecule has 1 atom stereocenters. The van der Waals surface area contributed by atoms with Crippen LogP contribution in [0.4, 0.5) is 0 Å². The van der Waals surface area contributed by atoms with Gasteiger partial charge in [0, 0.05) is 19.5 Å². The highest BCUT2D eigenvalue weighted by Crippen LogP contribution is 2.42. The van der Waals surface area contributed by atoms with Gasteiger partial charge < -0.3 is 5.32 Å². The van der Waals surface area contributed by atoms with Gasteiger partial charge in [-0.25, -0.2) is 0 Å². The molecule has 4 heteroatoms. The molecule has 0 spiro atoms. The number of rotatable bonds is 6. The molecule has 1 fully saturated rings. The molecule has 0 bridgehead atoms. The van der Waals surface area contributed by atoms with Gasteiger partial charge in [-0.3, -0.25) is 4.68 Å². The van der Waals surface area contributed by atoms with Crippen LogP contribution in [-0.2, 0) is 13.5 Å². The first-order valence-electron chi connectivity index (χ1n) is 7.89.